The van der Waals surface area contributed by atoms with Gasteiger partial charge in [-0.15, -0.1) is 0 Å². The van der Waals surface area contributed by atoms with Crippen LogP contribution in [0.3, 0.4) is 0 Å². The zero-order valence-corrected chi connectivity index (χ0v) is 13.6. The van der Waals surface area contributed by atoms with Crippen molar-refractivity contribution in [2.24, 2.45) is 0 Å². The summed E-state index contributed by atoms with van der Waals surface area (Å²) >= 11 is 2.04. The molecule has 6 nitrogen and oxygen atoms in total. The molecule has 112 valence electrons. The van der Waals surface area contributed by atoms with Crippen LogP contribution in [-0.4, -0.2) is 40.9 Å². The number of halogens is 1. The molecular weight excluding hydrogens is 385 g/mol. The average Bonchev–Trinajstić information content (AvgIpc) is 3.04. The fraction of sp³-hybridized carbons (Fsp3) is 0.500. The van der Waals surface area contributed by atoms with E-state index in [9.17, 15) is 14.9 Å². The summed E-state index contributed by atoms with van der Waals surface area (Å²) < 4.78 is 0.733. The number of carbonyl (C=O) groups excluding carboxylic acids is 1. The van der Waals surface area contributed by atoms with Crippen molar-refractivity contribution in [2.75, 3.05) is 13.1 Å². The Morgan fingerprint density at radius 1 is 1.38 bits per heavy atom. The number of benzene rings is 1. The molecule has 0 saturated carbocycles. The van der Waals surface area contributed by atoms with E-state index in [0.29, 0.717) is 11.6 Å². The number of amides is 1. The first-order valence-electron chi connectivity index (χ1n) is 7.05. The highest BCUT2D eigenvalue weighted by atomic mass is 127. The standard InChI is InChI=1S/C14H16IN3O3/c15-11-4-3-9(18(20)21)8-10(11)14(19)16-12-5-7-17-6-1-2-13(12)17/h3-4,8,12-13H,1-2,5-7H2,(H,16,19). The van der Waals surface area contributed by atoms with E-state index in [-0.39, 0.29) is 17.6 Å². The Bertz CT molecular complexity index is 593. The molecule has 1 aromatic rings. The Hall–Kier alpha value is -1.22. The zero-order valence-electron chi connectivity index (χ0n) is 11.4. The van der Waals surface area contributed by atoms with Crippen molar-refractivity contribution in [1.82, 2.24) is 10.2 Å². The van der Waals surface area contributed by atoms with Crippen LogP contribution >= 0.6 is 22.6 Å². The minimum atomic E-state index is -0.471. The summed E-state index contributed by atoms with van der Waals surface area (Å²) in [5.74, 6) is -0.207. The monoisotopic (exact) mass is 401 g/mol. The number of nitro groups is 1. The summed E-state index contributed by atoms with van der Waals surface area (Å²) in [7, 11) is 0. The summed E-state index contributed by atoms with van der Waals surface area (Å²) in [6, 6.07) is 5.00. The summed E-state index contributed by atoms with van der Waals surface area (Å²) in [5.41, 5.74) is 0.343. The lowest BCUT2D eigenvalue weighted by molar-refractivity contribution is -0.384. The number of hydrogen-bond acceptors (Lipinski definition) is 4. The first kappa shape index (κ1) is 14.7. The van der Waals surface area contributed by atoms with Gasteiger partial charge in [-0.05, 0) is 54.5 Å². The maximum atomic E-state index is 12.4. The predicted molar refractivity (Wildman–Crippen MR) is 86.3 cm³/mol. The number of rotatable bonds is 3. The Morgan fingerprint density at radius 2 is 2.19 bits per heavy atom. The highest BCUT2D eigenvalue weighted by Crippen LogP contribution is 2.28. The Kier molecular flexibility index (Phi) is 4.12. The van der Waals surface area contributed by atoms with Crippen LogP contribution < -0.4 is 5.32 Å². The number of non-ortho nitro benzene ring substituents is 1. The Labute approximate surface area is 136 Å². The van der Waals surface area contributed by atoms with E-state index < -0.39 is 4.92 Å². The first-order valence-corrected chi connectivity index (χ1v) is 8.13. The summed E-state index contributed by atoms with van der Waals surface area (Å²) in [5, 5.41) is 13.9. The van der Waals surface area contributed by atoms with Crippen molar-refractivity contribution >= 4 is 34.2 Å². The van der Waals surface area contributed by atoms with Crippen molar-refractivity contribution < 1.29 is 9.72 Å². The SMILES string of the molecule is O=C(NC1CCN2CCCC12)c1cc([N+](=O)[O-])ccc1I. The van der Waals surface area contributed by atoms with E-state index in [1.165, 1.54) is 18.6 Å². The van der Waals surface area contributed by atoms with Gasteiger partial charge in [-0.3, -0.25) is 19.8 Å². The second-order valence-electron chi connectivity index (χ2n) is 5.54. The molecular formula is C14H16IN3O3. The molecule has 1 amide bonds. The van der Waals surface area contributed by atoms with E-state index in [1.807, 2.05) is 22.6 Å². The summed E-state index contributed by atoms with van der Waals surface area (Å²) in [6.45, 7) is 2.15. The zero-order chi connectivity index (χ0) is 15.0. The molecule has 2 aliphatic rings. The molecule has 21 heavy (non-hydrogen) atoms. The lowest BCUT2D eigenvalue weighted by Gasteiger charge is -2.21. The van der Waals surface area contributed by atoms with E-state index in [0.717, 1.165) is 29.5 Å². The van der Waals surface area contributed by atoms with Gasteiger partial charge in [0.2, 0.25) is 0 Å². The van der Waals surface area contributed by atoms with Gasteiger partial charge in [-0.25, -0.2) is 0 Å². The van der Waals surface area contributed by atoms with Crippen LogP contribution in [0, 0.1) is 13.7 Å². The van der Waals surface area contributed by atoms with Crippen LogP contribution in [-0.2, 0) is 0 Å². The molecule has 0 aliphatic carbocycles. The van der Waals surface area contributed by atoms with Crippen molar-refractivity contribution in [1.29, 1.82) is 0 Å². The van der Waals surface area contributed by atoms with Gasteiger partial charge in [0, 0.05) is 34.3 Å². The molecule has 2 heterocycles. The molecule has 2 fully saturated rings. The minimum absolute atomic E-state index is 0.0468. The second-order valence-corrected chi connectivity index (χ2v) is 6.70. The summed E-state index contributed by atoms with van der Waals surface area (Å²) in [6.07, 6.45) is 3.27. The first-order chi connectivity index (χ1) is 10.1. The number of carbonyl (C=O) groups is 1. The van der Waals surface area contributed by atoms with Gasteiger partial charge in [-0.2, -0.15) is 0 Å². The van der Waals surface area contributed by atoms with Crippen LogP contribution in [0.2, 0.25) is 0 Å². The smallest absolute Gasteiger partial charge is 0.270 e. The van der Waals surface area contributed by atoms with Crippen molar-refractivity contribution in [3.05, 3.63) is 37.4 Å². The van der Waals surface area contributed by atoms with Crippen molar-refractivity contribution in [2.45, 2.75) is 31.3 Å². The molecule has 1 aromatic carbocycles. The fourth-order valence-electron chi connectivity index (χ4n) is 3.30. The van der Waals surface area contributed by atoms with Gasteiger partial charge in [0.25, 0.3) is 11.6 Å². The maximum absolute atomic E-state index is 12.4. The van der Waals surface area contributed by atoms with Crippen LogP contribution in [0.1, 0.15) is 29.6 Å². The van der Waals surface area contributed by atoms with E-state index in [1.54, 1.807) is 6.07 Å². The molecule has 2 unspecified atom stereocenters. The van der Waals surface area contributed by atoms with Crippen LogP contribution in [0.25, 0.3) is 0 Å². The average molecular weight is 401 g/mol. The minimum Gasteiger partial charge on any atom is -0.348 e. The topological polar surface area (TPSA) is 75.5 Å². The van der Waals surface area contributed by atoms with Gasteiger partial charge >= 0.3 is 0 Å². The van der Waals surface area contributed by atoms with Gasteiger partial charge in [0.1, 0.15) is 0 Å². The summed E-state index contributed by atoms with van der Waals surface area (Å²) in [4.78, 5) is 25.2. The highest BCUT2D eigenvalue weighted by Gasteiger charge is 2.38. The van der Waals surface area contributed by atoms with E-state index in [4.69, 9.17) is 0 Å². The van der Waals surface area contributed by atoms with Crippen molar-refractivity contribution in [3.8, 4) is 0 Å². The van der Waals surface area contributed by atoms with E-state index >= 15 is 0 Å². The highest BCUT2D eigenvalue weighted by molar-refractivity contribution is 14.1. The van der Waals surface area contributed by atoms with Crippen LogP contribution in [0.4, 0.5) is 5.69 Å². The second kappa shape index (κ2) is 5.88. The Balaban J connectivity index is 1.76. The molecule has 1 N–H and O–H groups in total. The predicted octanol–water partition coefficient (Wildman–Crippen LogP) is 2.17. The number of nitrogens with zero attached hydrogens (tertiary/aromatic N) is 2. The molecule has 0 bridgehead atoms. The molecule has 2 aliphatic heterocycles. The van der Waals surface area contributed by atoms with Crippen LogP contribution in [0.5, 0.6) is 0 Å². The largest absolute Gasteiger partial charge is 0.348 e. The quantitative estimate of drug-likeness (QED) is 0.479. The van der Waals surface area contributed by atoms with Gasteiger partial charge < -0.3 is 5.32 Å². The number of fused-ring (bicyclic) bond motifs is 1. The number of nitro benzene ring substituents is 1. The molecule has 2 saturated heterocycles. The van der Waals surface area contributed by atoms with Crippen LogP contribution in [0.15, 0.2) is 18.2 Å². The lowest BCUT2D eigenvalue weighted by atomic mass is 10.1. The molecule has 3 rings (SSSR count). The number of nitrogens with one attached hydrogen (secondary N) is 1. The third-order valence-corrected chi connectivity index (χ3v) is 5.27. The molecule has 2 atom stereocenters. The third-order valence-electron chi connectivity index (χ3n) is 4.33. The third kappa shape index (κ3) is 2.89. The van der Waals surface area contributed by atoms with Crippen molar-refractivity contribution in [3.63, 3.8) is 0 Å². The van der Waals surface area contributed by atoms with Gasteiger partial charge in [-0.1, -0.05) is 0 Å². The Morgan fingerprint density at radius 3 is 2.95 bits per heavy atom. The lowest BCUT2D eigenvalue weighted by Crippen LogP contribution is -2.42. The van der Waals surface area contributed by atoms with E-state index in [2.05, 4.69) is 10.2 Å². The van der Waals surface area contributed by atoms with Gasteiger partial charge in [0.05, 0.1) is 10.5 Å². The molecule has 0 radical (unpaired) electrons. The molecule has 7 heteroatoms. The fourth-order valence-corrected chi connectivity index (χ4v) is 3.88. The molecule has 0 aromatic heterocycles. The number of hydrogen-bond donors (Lipinski definition) is 1. The maximum Gasteiger partial charge on any atom is 0.270 e. The molecule has 0 spiro atoms. The normalized spacial score (nSPS) is 24.8. The van der Waals surface area contributed by atoms with Gasteiger partial charge in [0.15, 0.2) is 0 Å².